The fourth-order valence-corrected chi connectivity index (χ4v) is 1.96. The Balaban J connectivity index is 2.16. The van der Waals surface area contributed by atoms with Gasteiger partial charge in [-0.25, -0.2) is 9.97 Å². The molecule has 90 valence electrons. The summed E-state index contributed by atoms with van der Waals surface area (Å²) in [5.41, 5.74) is 9.33. The van der Waals surface area contributed by atoms with Crippen LogP contribution in [0.4, 0.5) is 11.5 Å². The van der Waals surface area contributed by atoms with Gasteiger partial charge in [0, 0.05) is 18.4 Å². The summed E-state index contributed by atoms with van der Waals surface area (Å²) >= 11 is 0. The van der Waals surface area contributed by atoms with Gasteiger partial charge in [0.25, 0.3) is 0 Å². The van der Waals surface area contributed by atoms with Crippen LogP contribution in [-0.4, -0.2) is 22.0 Å². The summed E-state index contributed by atoms with van der Waals surface area (Å²) in [6.45, 7) is 0. The van der Waals surface area contributed by atoms with Crippen molar-refractivity contribution in [2.24, 2.45) is 0 Å². The lowest BCUT2D eigenvalue weighted by molar-refractivity contribution is 1.19. The van der Waals surface area contributed by atoms with Crippen molar-refractivity contribution in [3.05, 3.63) is 36.7 Å². The third-order valence-corrected chi connectivity index (χ3v) is 2.88. The Kier molecular flexibility index (Phi) is 2.37. The molecule has 5 nitrogen and oxygen atoms in total. The van der Waals surface area contributed by atoms with Gasteiger partial charge >= 0.3 is 0 Å². The van der Waals surface area contributed by atoms with E-state index in [1.54, 1.807) is 0 Å². The molecule has 2 heterocycles. The Morgan fingerprint density at radius 1 is 1.17 bits per heavy atom. The topological polar surface area (TPSA) is 79.6 Å². The minimum Gasteiger partial charge on any atom is -0.399 e. The van der Waals surface area contributed by atoms with Crippen molar-refractivity contribution in [3.63, 3.8) is 0 Å². The van der Waals surface area contributed by atoms with Gasteiger partial charge in [-0.1, -0.05) is 12.1 Å². The Labute approximate surface area is 104 Å². The van der Waals surface area contributed by atoms with Crippen LogP contribution >= 0.6 is 0 Å². The normalized spacial score (nSPS) is 10.7. The highest BCUT2D eigenvalue weighted by atomic mass is 15.0. The van der Waals surface area contributed by atoms with E-state index < -0.39 is 0 Å². The van der Waals surface area contributed by atoms with Crippen LogP contribution in [0.2, 0.25) is 0 Å². The smallest absolute Gasteiger partial charge is 0.143 e. The Bertz CT molecular complexity index is 684. The van der Waals surface area contributed by atoms with Crippen molar-refractivity contribution in [3.8, 4) is 11.3 Å². The molecule has 0 aliphatic carbocycles. The number of aromatic amines is 1. The van der Waals surface area contributed by atoms with Gasteiger partial charge in [-0.15, -0.1) is 0 Å². The molecule has 0 radical (unpaired) electrons. The first-order valence-corrected chi connectivity index (χ1v) is 5.65. The maximum Gasteiger partial charge on any atom is 0.143 e. The standard InChI is InChI=1S/C13H13N5/c1-15-12-10-6-11(18-13(10)17-7-16-12)8-2-4-9(14)5-3-8/h2-7H,14H2,1H3,(H2,15,16,17,18). The first kappa shape index (κ1) is 10.6. The van der Waals surface area contributed by atoms with E-state index in [1.807, 2.05) is 37.4 Å². The Morgan fingerprint density at radius 2 is 1.94 bits per heavy atom. The molecule has 0 unspecified atom stereocenters. The second-order valence-corrected chi connectivity index (χ2v) is 4.04. The number of nitrogens with two attached hydrogens (primary N) is 1. The maximum absolute atomic E-state index is 5.68. The van der Waals surface area contributed by atoms with E-state index in [2.05, 4.69) is 20.3 Å². The fourth-order valence-electron chi connectivity index (χ4n) is 1.96. The van der Waals surface area contributed by atoms with Crippen molar-refractivity contribution < 1.29 is 0 Å². The average molecular weight is 239 g/mol. The van der Waals surface area contributed by atoms with Gasteiger partial charge in [0.1, 0.15) is 17.8 Å². The predicted octanol–water partition coefficient (Wildman–Crippen LogP) is 2.25. The van der Waals surface area contributed by atoms with Crippen LogP contribution in [0.3, 0.4) is 0 Å². The predicted molar refractivity (Wildman–Crippen MR) is 73.3 cm³/mol. The summed E-state index contributed by atoms with van der Waals surface area (Å²) in [6.07, 6.45) is 1.54. The number of H-pyrrole nitrogens is 1. The molecule has 2 aromatic heterocycles. The van der Waals surface area contributed by atoms with Gasteiger partial charge in [0.15, 0.2) is 0 Å². The second-order valence-electron chi connectivity index (χ2n) is 4.04. The van der Waals surface area contributed by atoms with Gasteiger partial charge in [0.05, 0.1) is 5.39 Å². The molecule has 3 aromatic rings. The number of nitrogen functional groups attached to an aromatic ring is 1. The van der Waals surface area contributed by atoms with Crippen LogP contribution in [0.1, 0.15) is 0 Å². The quantitative estimate of drug-likeness (QED) is 0.599. The van der Waals surface area contributed by atoms with Gasteiger partial charge in [-0.2, -0.15) is 0 Å². The van der Waals surface area contributed by atoms with Crippen LogP contribution in [-0.2, 0) is 0 Å². The highest BCUT2D eigenvalue weighted by Crippen LogP contribution is 2.26. The Hall–Kier alpha value is -2.56. The van der Waals surface area contributed by atoms with Gasteiger partial charge in [0.2, 0.25) is 0 Å². The number of fused-ring (bicyclic) bond motifs is 1. The molecule has 0 spiro atoms. The summed E-state index contributed by atoms with van der Waals surface area (Å²) < 4.78 is 0. The Morgan fingerprint density at radius 3 is 2.67 bits per heavy atom. The molecule has 0 amide bonds. The maximum atomic E-state index is 5.68. The summed E-state index contributed by atoms with van der Waals surface area (Å²) in [5.74, 6) is 0.818. The monoisotopic (exact) mass is 239 g/mol. The molecule has 18 heavy (non-hydrogen) atoms. The number of hydrogen-bond donors (Lipinski definition) is 3. The second kappa shape index (κ2) is 4.03. The molecule has 0 fully saturated rings. The molecule has 0 saturated carbocycles. The van der Waals surface area contributed by atoms with Crippen LogP contribution in [0.5, 0.6) is 0 Å². The number of aromatic nitrogens is 3. The third-order valence-electron chi connectivity index (χ3n) is 2.88. The van der Waals surface area contributed by atoms with Crippen molar-refractivity contribution >= 4 is 22.5 Å². The highest BCUT2D eigenvalue weighted by Gasteiger charge is 2.07. The van der Waals surface area contributed by atoms with Gasteiger partial charge < -0.3 is 16.0 Å². The lowest BCUT2D eigenvalue weighted by atomic mass is 10.1. The highest BCUT2D eigenvalue weighted by molar-refractivity contribution is 5.91. The molecule has 1 aromatic carbocycles. The number of anilines is 2. The molecular weight excluding hydrogens is 226 g/mol. The van der Waals surface area contributed by atoms with Crippen LogP contribution in [0, 0.1) is 0 Å². The summed E-state index contributed by atoms with van der Waals surface area (Å²) in [6, 6.07) is 9.75. The number of nitrogens with zero attached hydrogens (tertiary/aromatic N) is 2. The van der Waals surface area contributed by atoms with Crippen LogP contribution in [0.25, 0.3) is 22.3 Å². The summed E-state index contributed by atoms with van der Waals surface area (Å²) in [4.78, 5) is 11.7. The first-order chi connectivity index (χ1) is 8.78. The van der Waals surface area contributed by atoms with E-state index in [1.165, 1.54) is 6.33 Å². The molecule has 0 atom stereocenters. The summed E-state index contributed by atoms with van der Waals surface area (Å²) in [7, 11) is 1.84. The van der Waals surface area contributed by atoms with E-state index in [0.29, 0.717) is 0 Å². The molecular formula is C13H13N5. The molecule has 0 bridgehead atoms. The van der Waals surface area contributed by atoms with E-state index in [-0.39, 0.29) is 0 Å². The van der Waals surface area contributed by atoms with Crippen molar-refractivity contribution in [2.75, 3.05) is 18.1 Å². The number of nitrogens with one attached hydrogen (secondary N) is 2. The minimum atomic E-state index is 0.755. The molecule has 5 heteroatoms. The number of rotatable bonds is 2. The third kappa shape index (κ3) is 1.66. The molecule has 0 aliphatic heterocycles. The minimum absolute atomic E-state index is 0.755. The van der Waals surface area contributed by atoms with E-state index in [9.17, 15) is 0 Å². The lowest BCUT2D eigenvalue weighted by Gasteiger charge is -1.97. The van der Waals surface area contributed by atoms with E-state index in [0.717, 1.165) is 33.8 Å². The number of benzene rings is 1. The molecule has 3 rings (SSSR count). The SMILES string of the molecule is CNc1ncnc2[nH]c(-c3ccc(N)cc3)cc12. The van der Waals surface area contributed by atoms with Crippen molar-refractivity contribution in [2.45, 2.75) is 0 Å². The van der Waals surface area contributed by atoms with Gasteiger partial charge in [-0.05, 0) is 23.8 Å². The van der Waals surface area contributed by atoms with Crippen molar-refractivity contribution in [1.29, 1.82) is 0 Å². The zero-order valence-electron chi connectivity index (χ0n) is 9.94. The fraction of sp³-hybridized carbons (Fsp3) is 0.0769. The largest absolute Gasteiger partial charge is 0.399 e. The van der Waals surface area contributed by atoms with Crippen molar-refractivity contribution in [1.82, 2.24) is 15.0 Å². The first-order valence-electron chi connectivity index (χ1n) is 5.65. The van der Waals surface area contributed by atoms with E-state index in [4.69, 9.17) is 5.73 Å². The molecule has 4 N–H and O–H groups in total. The summed E-state index contributed by atoms with van der Waals surface area (Å²) in [5, 5.41) is 4.03. The lowest BCUT2D eigenvalue weighted by Crippen LogP contribution is -1.92. The molecule has 0 aliphatic rings. The molecule has 0 saturated heterocycles. The van der Waals surface area contributed by atoms with Crippen LogP contribution < -0.4 is 11.1 Å². The van der Waals surface area contributed by atoms with Crippen LogP contribution in [0.15, 0.2) is 36.7 Å². The zero-order valence-corrected chi connectivity index (χ0v) is 9.94. The zero-order chi connectivity index (χ0) is 12.5. The number of hydrogen-bond acceptors (Lipinski definition) is 4. The average Bonchev–Trinajstić information content (AvgIpc) is 2.83. The van der Waals surface area contributed by atoms with Gasteiger partial charge in [-0.3, -0.25) is 0 Å². The van der Waals surface area contributed by atoms with E-state index >= 15 is 0 Å².